The third-order valence-electron chi connectivity index (χ3n) is 2.92. The number of aromatic amines is 2. The molecule has 0 aromatic carbocycles. The number of hydrogen-bond donors (Lipinski definition) is 5. The van der Waals surface area contributed by atoms with Crippen molar-refractivity contribution in [2.45, 2.75) is 24.9 Å². The van der Waals surface area contributed by atoms with Gasteiger partial charge in [-0.05, 0) is 0 Å². The number of aromatic nitrogens is 4. The molecule has 0 unspecified atom stereocenters. The highest BCUT2D eigenvalue weighted by atomic mass is 16.4. The third-order valence-corrected chi connectivity index (χ3v) is 2.92. The van der Waals surface area contributed by atoms with E-state index in [0.717, 1.165) is 0 Å². The normalized spacial score (nSPS) is 13.6. The molecule has 2 aromatic rings. The number of carbonyl (C=O) groups is 2. The molecule has 21 heavy (non-hydrogen) atoms. The molecule has 0 radical (unpaired) electrons. The van der Waals surface area contributed by atoms with Crippen LogP contribution in [0.15, 0.2) is 25.0 Å². The number of nitrogens with zero attached hydrogens (tertiary/aromatic N) is 2. The minimum atomic E-state index is -1.13. The third kappa shape index (κ3) is 4.14. The Morgan fingerprint density at radius 2 is 1.76 bits per heavy atom. The molecule has 2 rings (SSSR count). The second-order valence-electron chi connectivity index (χ2n) is 4.57. The minimum Gasteiger partial charge on any atom is -0.480 e. The van der Waals surface area contributed by atoms with Crippen molar-refractivity contribution in [2.75, 3.05) is 0 Å². The number of carboxylic acid groups (broad SMARTS) is 1. The SMILES string of the molecule is N[C@H](Cc1cnc[nH]1)C(=O)N[C@@H](Cc1cnc[nH]1)C(=O)O. The highest BCUT2D eigenvalue weighted by Gasteiger charge is 2.24. The number of nitrogens with two attached hydrogens (primary N) is 1. The van der Waals surface area contributed by atoms with Crippen LogP contribution in [0.3, 0.4) is 0 Å². The van der Waals surface area contributed by atoms with Gasteiger partial charge in [-0.15, -0.1) is 0 Å². The lowest BCUT2D eigenvalue weighted by molar-refractivity contribution is -0.142. The van der Waals surface area contributed by atoms with E-state index in [4.69, 9.17) is 10.8 Å². The van der Waals surface area contributed by atoms with Crippen molar-refractivity contribution in [3.05, 3.63) is 36.4 Å². The van der Waals surface area contributed by atoms with E-state index in [1.54, 1.807) is 6.20 Å². The summed E-state index contributed by atoms with van der Waals surface area (Å²) in [5.41, 5.74) is 7.08. The molecule has 2 heterocycles. The molecule has 0 saturated heterocycles. The van der Waals surface area contributed by atoms with Gasteiger partial charge in [0.1, 0.15) is 6.04 Å². The van der Waals surface area contributed by atoms with Crippen LogP contribution in [-0.2, 0) is 22.4 Å². The topological polar surface area (TPSA) is 150 Å². The maximum absolute atomic E-state index is 12.0. The summed E-state index contributed by atoms with van der Waals surface area (Å²) in [6.07, 6.45) is 6.36. The monoisotopic (exact) mass is 292 g/mol. The van der Waals surface area contributed by atoms with Crippen LogP contribution in [0.1, 0.15) is 11.4 Å². The summed E-state index contributed by atoms with van der Waals surface area (Å²) in [5, 5.41) is 11.6. The fourth-order valence-corrected chi connectivity index (χ4v) is 1.82. The number of aliphatic carboxylic acids is 1. The Hall–Kier alpha value is -2.68. The van der Waals surface area contributed by atoms with Gasteiger partial charge in [0.15, 0.2) is 0 Å². The Bertz CT molecular complexity index is 580. The van der Waals surface area contributed by atoms with E-state index in [-0.39, 0.29) is 12.8 Å². The lowest BCUT2D eigenvalue weighted by Crippen LogP contribution is -2.50. The standard InChI is InChI=1S/C12H16N6O3/c13-9(1-7-3-14-5-16-7)11(19)18-10(12(20)21)2-8-4-15-6-17-8/h3-6,9-10H,1-2,13H2,(H,14,16)(H,15,17)(H,18,19)(H,20,21)/t9-,10+/m1/s1. The lowest BCUT2D eigenvalue weighted by Gasteiger charge is -2.17. The Morgan fingerprint density at radius 1 is 1.19 bits per heavy atom. The summed E-state index contributed by atoms with van der Waals surface area (Å²) < 4.78 is 0. The fourth-order valence-electron chi connectivity index (χ4n) is 1.82. The van der Waals surface area contributed by atoms with Crippen LogP contribution in [0, 0.1) is 0 Å². The first-order valence-corrected chi connectivity index (χ1v) is 6.29. The first-order valence-electron chi connectivity index (χ1n) is 6.29. The van der Waals surface area contributed by atoms with Crippen molar-refractivity contribution in [2.24, 2.45) is 5.73 Å². The van der Waals surface area contributed by atoms with Crippen LogP contribution in [0.4, 0.5) is 0 Å². The highest BCUT2D eigenvalue weighted by molar-refractivity contribution is 5.87. The maximum Gasteiger partial charge on any atom is 0.326 e. The Balaban J connectivity index is 1.92. The average Bonchev–Trinajstić information content (AvgIpc) is 3.10. The predicted octanol–water partition coefficient (Wildman–Crippen LogP) is -1.19. The summed E-state index contributed by atoms with van der Waals surface area (Å²) in [6.45, 7) is 0. The molecule has 9 nitrogen and oxygen atoms in total. The van der Waals surface area contributed by atoms with E-state index in [0.29, 0.717) is 11.4 Å². The fraction of sp³-hybridized carbons (Fsp3) is 0.333. The van der Waals surface area contributed by atoms with Gasteiger partial charge in [-0.3, -0.25) is 4.79 Å². The van der Waals surface area contributed by atoms with Crippen molar-refractivity contribution in [1.82, 2.24) is 25.3 Å². The molecule has 0 fully saturated rings. The molecule has 0 aliphatic heterocycles. The molecule has 112 valence electrons. The minimum absolute atomic E-state index is 0.109. The number of carboxylic acids is 1. The molecule has 2 aromatic heterocycles. The van der Waals surface area contributed by atoms with Gasteiger partial charge >= 0.3 is 5.97 Å². The number of imidazole rings is 2. The molecule has 0 aliphatic carbocycles. The molecule has 0 aliphatic rings. The van der Waals surface area contributed by atoms with Gasteiger partial charge in [0.2, 0.25) is 5.91 Å². The molecule has 9 heteroatoms. The summed E-state index contributed by atoms with van der Waals surface area (Å²) in [5.74, 6) is -1.66. The molecule has 2 atom stereocenters. The van der Waals surface area contributed by atoms with E-state index >= 15 is 0 Å². The van der Waals surface area contributed by atoms with Crippen molar-refractivity contribution in [1.29, 1.82) is 0 Å². The molecule has 0 saturated carbocycles. The van der Waals surface area contributed by atoms with E-state index in [2.05, 4.69) is 25.3 Å². The highest BCUT2D eigenvalue weighted by Crippen LogP contribution is 2.01. The first-order chi connectivity index (χ1) is 10.1. The van der Waals surface area contributed by atoms with Gasteiger partial charge in [-0.1, -0.05) is 0 Å². The van der Waals surface area contributed by atoms with Gasteiger partial charge in [0.05, 0.1) is 18.7 Å². The van der Waals surface area contributed by atoms with Crippen molar-refractivity contribution < 1.29 is 14.7 Å². The second kappa shape index (κ2) is 6.66. The molecule has 1 amide bonds. The summed E-state index contributed by atoms with van der Waals surface area (Å²) >= 11 is 0. The van der Waals surface area contributed by atoms with Crippen LogP contribution in [0.5, 0.6) is 0 Å². The molecular formula is C12H16N6O3. The van der Waals surface area contributed by atoms with Crippen LogP contribution < -0.4 is 11.1 Å². The Labute approximate surface area is 120 Å². The first kappa shape index (κ1) is 14.7. The van der Waals surface area contributed by atoms with Gasteiger partial charge < -0.3 is 26.1 Å². The zero-order valence-corrected chi connectivity index (χ0v) is 11.1. The molecule has 0 spiro atoms. The predicted molar refractivity (Wildman–Crippen MR) is 72.1 cm³/mol. The average molecular weight is 292 g/mol. The van der Waals surface area contributed by atoms with Gasteiger partial charge in [-0.2, -0.15) is 0 Å². The number of hydrogen-bond acceptors (Lipinski definition) is 5. The smallest absolute Gasteiger partial charge is 0.326 e. The van der Waals surface area contributed by atoms with Crippen molar-refractivity contribution >= 4 is 11.9 Å². The number of rotatable bonds is 7. The van der Waals surface area contributed by atoms with Crippen LogP contribution in [-0.4, -0.2) is 49.0 Å². The van der Waals surface area contributed by atoms with Crippen LogP contribution >= 0.6 is 0 Å². The number of carbonyl (C=O) groups excluding carboxylic acids is 1. The number of nitrogens with one attached hydrogen (secondary N) is 3. The zero-order valence-electron chi connectivity index (χ0n) is 11.1. The van der Waals surface area contributed by atoms with Gasteiger partial charge in [-0.25, -0.2) is 14.8 Å². The van der Waals surface area contributed by atoms with E-state index in [1.165, 1.54) is 18.9 Å². The van der Waals surface area contributed by atoms with Crippen LogP contribution in [0.25, 0.3) is 0 Å². The van der Waals surface area contributed by atoms with Crippen LogP contribution in [0.2, 0.25) is 0 Å². The number of H-pyrrole nitrogens is 2. The lowest BCUT2D eigenvalue weighted by atomic mass is 10.1. The van der Waals surface area contributed by atoms with Gasteiger partial charge in [0, 0.05) is 36.6 Å². The largest absolute Gasteiger partial charge is 0.480 e. The second-order valence-corrected chi connectivity index (χ2v) is 4.57. The summed E-state index contributed by atoms with van der Waals surface area (Å²) in [6, 6.07) is -1.92. The molecular weight excluding hydrogens is 276 g/mol. The quantitative estimate of drug-likeness (QED) is 0.433. The summed E-state index contributed by atoms with van der Waals surface area (Å²) in [7, 11) is 0. The van der Waals surface area contributed by atoms with Gasteiger partial charge in [0.25, 0.3) is 0 Å². The Morgan fingerprint density at radius 3 is 2.24 bits per heavy atom. The van der Waals surface area contributed by atoms with E-state index in [1.807, 2.05) is 0 Å². The number of amides is 1. The van der Waals surface area contributed by atoms with E-state index < -0.39 is 24.0 Å². The van der Waals surface area contributed by atoms with E-state index in [9.17, 15) is 9.59 Å². The van der Waals surface area contributed by atoms with Crippen molar-refractivity contribution in [3.63, 3.8) is 0 Å². The zero-order chi connectivity index (χ0) is 15.2. The Kier molecular flexibility index (Phi) is 4.67. The molecule has 6 N–H and O–H groups in total. The van der Waals surface area contributed by atoms with Crippen molar-refractivity contribution in [3.8, 4) is 0 Å². The maximum atomic E-state index is 12.0. The summed E-state index contributed by atoms with van der Waals surface area (Å²) in [4.78, 5) is 36.4. The molecule has 0 bridgehead atoms.